The quantitative estimate of drug-likeness (QED) is 0.650. The van der Waals surface area contributed by atoms with E-state index >= 15 is 0 Å². The van der Waals surface area contributed by atoms with E-state index in [-0.39, 0.29) is 23.6 Å². The topological polar surface area (TPSA) is 77.8 Å². The molecule has 0 amide bonds. The Morgan fingerprint density at radius 1 is 1.44 bits per heavy atom. The highest BCUT2D eigenvalue weighted by Gasteiger charge is 2.23. The molecule has 0 fully saturated rings. The highest BCUT2D eigenvalue weighted by molar-refractivity contribution is 9.10. The maximum absolute atomic E-state index is 14.1. The van der Waals surface area contributed by atoms with Crippen molar-refractivity contribution in [2.24, 2.45) is 0 Å². The summed E-state index contributed by atoms with van der Waals surface area (Å²) in [5.41, 5.74) is 0.837. The Kier molecular flexibility index (Phi) is 4.84. The summed E-state index contributed by atoms with van der Waals surface area (Å²) >= 11 is 3.21. The minimum Gasteiger partial charge on any atom is -0.493 e. The molecule has 0 spiro atoms. The zero-order valence-electron chi connectivity index (χ0n) is 13.4. The lowest BCUT2D eigenvalue weighted by molar-refractivity contribution is 0.0523. The lowest BCUT2D eigenvalue weighted by atomic mass is 10.2. The van der Waals surface area contributed by atoms with Gasteiger partial charge in [-0.1, -0.05) is 15.9 Å². The molecule has 0 unspecified atom stereocenters. The van der Waals surface area contributed by atoms with E-state index in [1.54, 1.807) is 19.1 Å². The number of hydrogen-bond donors (Lipinski definition) is 1. The van der Waals surface area contributed by atoms with Crippen LogP contribution in [0.4, 0.5) is 15.9 Å². The first kappa shape index (κ1) is 17.2. The number of ether oxygens (including phenoxy) is 2. The van der Waals surface area contributed by atoms with Crippen LogP contribution >= 0.6 is 15.9 Å². The van der Waals surface area contributed by atoms with Gasteiger partial charge in [-0.25, -0.2) is 18.7 Å². The average Bonchev–Trinajstić information content (AvgIpc) is 2.97. The lowest BCUT2D eigenvalue weighted by Crippen LogP contribution is -2.05. The highest BCUT2D eigenvalue weighted by atomic mass is 79.9. The molecule has 0 saturated carbocycles. The van der Waals surface area contributed by atoms with Gasteiger partial charge < -0.3 is 14.8 Å². The minimum atomic E-state index is -0.536. The predicted octanol–water partition coefficient (Wildman–Crippen LogP) is 3.56. The van der Waals surface area contributed by atoms with Crippen LogP contribution in [0.5, 0.6) is 5.75 Å². The number of anilines is 2. The van der Waals surface area contributed by atoms with Crippen LogP contribution in [-0.2, 0) is 4.74 Å². The number of rotatable bonds is 5. The van der Waals surface area contributed by atoms with Gasteiger partial charge in [-0.2, -0.15) is 5.10 Å². The van der Waals surface area contributed by atoms with Crippen molar-refractivity contribution in [1.82, 2.24) is 14.6 Å². The monoisotopic (exact) mass is 408 g/mol. The van der Waals surface area contributed by atoms with Gasteiger partial charge in [0, 0.05) is 10.7 Å². The Labute approximate surface area is 150 Å². The normalized spacial score (nSPS) is 10.7. The lowest BCUT2D eigenvalue weighted by Gasteiger charge is -2.09. The fourth-order valence-corrected chi connectivity index (χ4v) is 2.69. The van der Waals surface area contributed by atoms with E-state index in [9.17, 15) is 9.18 Å². The molecule has 0 aliphatic carbocycles. The predicted molar refractivity (Wildman–Crippen MR) is 92.9 cm³/mol. The molecule has 2 heterocycles. The first-order valence-corrected chi connectivity index (χ1v) is 8.14. The molecule has 3 rings (SSSR count). The summed E-state index contributed by atoms with van der Waals surface area (Å²) in [4.78, 5) is 16.2. The maximum atomic E-state index is 14.1. The van der Waals surface area contributed by atoms with Crippen LogP contribution < -0.4 is 10.1 Å². The van der Waals surface area contributed by atoms with E-state index in [4.69, 9.17) is 9.47 Å². The molecule has 130 valence electrons. The van der Waals surface area contributed by atoms with Gasteiger partial charge in [-0.05, 0) is 25.1 Å². The summed E-state index contributed by atoms with van der Waals surface area (Å²) in [6, 6.07) is 4.60. The fraction of sp³-hybridized carbons (Fsp3) is 0.188. The highest BCUT2D eigenvalue weighted by Crippen LogP contribution is 2.33. The first-order valence-electron chi connectivity index (χ1n) is 7.34. The number of nitrogens with one attached hydrogen (secondary N) is 1. The third-order valence-corrected chi connectivity index (χ3v) is 3.90. The van der Waals surface area contributed by atoms with E-state index in [0.29, 0.717) is 15.8 Å². The number of benzene rings is 1. The van der Waals surface area contributed by atoms with Crippen molar-refractivity contribution in [1.29, 1.82) is 0 Å². The molecule has 1 aromatic carbocycles. The standard InChI is InChI=1S/C16H14BrFN4O3/c1-3-25-16(23)10-7-22-13(14(10)24-2)15(19-8-20-22)21-12-5-4-9(17)6-11(12)18/h4-8H,3H2,1-2H3,(H,19,20,21). The largest absolute Gasteiger partial charge is 0.493 e. The SMILES string of the molecule is CCOC(=O)c1cn2ncnc(Nc3ccc(Br)cc3F)c2c1OC. The Balaban J connectivity index is 2.11. The molecular formula is C16H14BrFN4O3. The maximum Gasteiger partial charge on any atom is 0.343 e. The number of nitrogens with zero attached hydrogens (tertiary/aromatic N) is 3. The van der Waals surface area contributed by atoms with Crippen LogP contribution in [0.3, 0.4) is 0 Å². The second-order valence-corrected chi connectivity index (χ2v) is 5.86. The van der Waals surface area contributed by atoms with Crippen molar-refractivity contribution >= 4 is 38.9 Å². The summed E-state index contributed by atoms with van der Waals surface area (Å²) in [7, 11) is 1.43. The van der Waals surface area contributed by atoms with Crippen molar-refractivity contribution in [3.05, 3.63) is 46.6 Å². The number of esters is 1. The van der Waals surface area contributed by atoms with Gasteiger partial charge in [-0.3, -0.25) is 0 Å². The third-order valence-electron chi connectivity index (χ3n) is 3.41. The first-order chi connectivity index (χ1) is 12.0. The molecule has 9 heteroatoms. The summed E-state index contributed by atoms with van der Waals surface area (Å²) in [5.74, 6) is -0.449. The molecular weight excluding hydrogens is 395 g/mol. The summed E-state index contributed by atoms with van der Waals surface area (Å²) < 4.78 is 26.5. The number of hydrogen-bond acceptors (Lipinski definition) is 6. The van der Waals surface area contributed by atoms with Crippen LogP contribution in [0.25, 0.3) is 5.52 Å². The Morgan fingerprint density at radius 3 is 2.92 bits per heavy atom. The average molecular weight is 409 g/mol. The van der Waals surface area contributed by atoms with Gasteiger partial charge in [0.05, 0.1) is 19.4 Å². The number of fused-ring (bicyclic) bond motifs is 1. The van der Waals surface area contributed by atoms with E-state index < -0.39 is 11.8 Å². The van der Waals surface area contributed by atoms with Crippen molar-refractivity contribution in [3.8, 4) is 5.75 Å². The summed E-state index contributed by atoms with van der Waals surface area (Å²) in [5, 5.41) is 6.97. The number of carbonyl (C=O) groups excluding carboxylic acids is 1. The molecule has 2 aromatic heterocycles. The van der Waals surface area contributed by atoms with Gasteiger partial charge in [0.25, 0.3) is 0 Å². The molecule has 0 radical (unpaired) electrons. The van der Waals surface area contributed by atoms with E-state index in [2.05, 4.69) is 31.3 Å². The van der Waals surface area contributed by atoms with E-state index in [1.165, 1.54) is 30.2 Å². The minimum absolute atomic E-state index is 0.212. The van der Waals surface area contributed by atoms with Crippen molar-refractivity contribution in [2.45, 2.75) is 6.92 Å². The Hall–Kier alpha value is -2.68. The molecule has 3 aromatic rings. The molecule has 0 aliphatic heterocycles. The fourth-order valence-electron chi connectivity index (χ4n) is 2.36. The van der Waals surface area contributed by atoms with Crippen molar-refractivity contribution in [3.63, 3.8) is 0 Å². The van der Waals surface area contributed by atoms with Crippen LogP contribution in [0.1, 0.15) is 17.3 Å². The Bertz CT molecular complexity index is 945. The molecule has 1 N–H and O–H groups in total. The number of methoxy groups -OCH3 is 1. The van der Waals surface area contributed by atoms with E-state index in [1.807, 2.05) is 0 Å². The molecule has 0 atom stereocenters. The second kappa shape index (κ2) is 7.06. The molecule has 7 nitrogen and oxygen atoms in total. The van der Waals surface area contributed by atoms with Crippen LogP contribution in [-0.4, -0.2) is 34.3 Å². The van der Waals surface area contributed by atoms with Crippen molar-refractivity contribution in [2.75, 3.05) is 19.0 Å². The smallest absolute Gasteiger partial charge is 0.343 e. The molecule has 0 bridgehead atoms. The summed E-state index contributed by atoms with van der Waals surface area (Å²) in [6.45, 7) is 1.94. The number of halogens is 2. The molecule has 25 heavy (non-hydrogen) atoms. The third kappa shape index (κ3) is 3.27. The van der Waals surface area contributed by atoms with Gasteiger partial charge in [0.1, 0.15) is 17.7 Å². The van der Waals surface area contributed by atoms with Gasteiger partial charge >= 0.3 is 5.97 Å². The van der Waals surface area contributed by atoms with Crippen LogP contribution in [0, 0.1) is 5.82 Å². The zero-order valence-corrected chi connectivity index (χ0v) is 15.0. The van der Waals surface area contributed by atoms with Crippen molar-refractivity contribution < 1.29 is 18.7 Å². The second-order valence-electron chi connectivity index (χ2n) is 4.95. The van der Waals surface area contributed by atoms with Gasteiger partial charge in [0.15, 0.2) is 17.1 Å². The van der Waals surface area contributed by atoms with Gasteiger partial charge in [0.2, 0.25) is 0 Å². The van der Waals surface area contributed by atoms with E-state index in [0.717, 1.165) is 0 Å². The van der Waals surface area contributed by atoms with Crippen LogP contribution in [0.2, 0.25) is 0 Å². The van der Waals surface area contributed by atoms with Crippen LogP contribution in [0.15, 0.2) is 35.2 Å². The Morgan fingerprint density at radius 2 is 2.24 bits per heavy atom. The number of aromatic nitrogens is 3. The zero-order chi connectivity index (χ0) is 18.0. The molecule has 0 aliphatic rings. The van der Waals surface area contributed by atoms with Gasteiger partial charge in [-0.15, -0.1) is 0 Å². The molecule has 0 saturated heterocycles. The number of carbonyl (C=O) groups is 1. The summed E-state index contributed by atoms with van der Waals surface area (Å²) in [6.07, 6.45) is 2.78.